The molecule has 124 valence electrons. The Bertz CT molecular complexity index is 778. The Morgan fingerprint density at radius 1 is 1.17 bits per heavy atom. The zero-order valence-corrected chi connectivity index (χ0v) is 14.4. The normalized spacial score (nSPS) is 12.3. The summed E-state index contributed by atoms with van der Waals surface area (Å²) in [6.45, 7) is 7.02. The molecule has 2 aromatic heterocycles. The molecule has 0 saturated heterocycles. The summed E-state index contributed by atoms with van der Waals surface area (Å²) in [5.74, 6) is 0.820. The van der Waals surface area contributed by atoms with Crippen molar-refractivity contribution in [2.24, 2.45) is 0 Å². The average molecular weight is 321 g/mol. The topological polar surface area (TPSA) is 55.6 Å². The van der Waals surface area contributed by atoms with E-state index in [0.29, 0.717) is 0 Å². The maximum absolute atomic E-state index is 4.44. The maximum Gasteiger partial charge on any atom is 0.125 e. The number of rotatable bonds is 6. The van der Waals surface area contributed by atoms with Crippen molar-refractivity contribution in [3.63, 3.8) is 0 Å². The van der Waals surface area contributed by atoms with Crippen LogP contribution < -0.4 is 5.32 Å². The number of benzene rings is 1. The Morgan fingerprint density at radius 2 is 1.96 bits per heavy atom. The molecule has 3 rings (SSSR count). The average Bonchev–Trinajstić information content (AvgIpc) is 3.10. The van der Waals surface area contributed by atoms with E-state index in [1.807, 2.05) is 37.0 Å². The summed E-state index contributed by atoms with van der Waals surface area (Å²) >= 11 is 0. The van der Waals surface area contributed by atoms with Gasteiger partial charge in [0.05, 0.1) is 5.69 Å². The van der Waals surface area contributed by atoms with E-state index in [1.165, 1.54) is 5.56 Å². The summed E-state index contributed by atoms with van der Waals surface area (Å²) in [5, 5.41) is 7.79. The van der Waals surface area contributed by atoms with Crippen molar-refractivity contribution >= 4 is 0 Å². The first-order valence-electron chi connectivity index (χ1n) is 8.26. The van der Waals surface area contributed by atoms with Crippen LogP contribution in [0.5, 0.6) is 0 Å². The van der Waals surface area contributed by atoms with E-state index < -0.39 is 0 Å². The number of aryl methyl sites for hydroxylation is 2. The van der Waals surface area contributed by atoms with Crippen LogP contribution in [0.2, 0.25) is 0 Å². The van der Waals surface area contributed by atoms with E-state index in [9.17, 15) is 0 Å². The quantitative estimate of drug-likeness (QED) is 0.757. The second kappa shape index (κ2) is 7.36. The second-order valence-electron chi connectivity index (χ2n) is 6.00. The number of aromatic nitrogens is 4. The fourth-order valence-electron chi connectivity index (χ4n) is 2.80. The van der Waals surface area contributed by atoms with Gasteiger partial charge < -0.3 is 5.32 Å². The lowest BCUT2D eigenvalue weighted by atomic mass is 10.1. The molecule has 24 heavy (non-hydrogen) atoms. The Morgan fingerprint density at radius 3 is 2.62 bits per heavy atom. The monoisotopic (exact) mass is 321 g/mol. The third-order valence-electron chi connectivity index (χ3n) is 4.17. The smallest absolute Gasteiger partial charge is 0.125 e. The molecular weight excluding hydrogens is 298 g/mol. The van der Waals surface area contributed by atoms with Gasteiger partial charge in [-0.2, -0.15) is 5.10 Å². The van der Waals surface area contributed by atoms with E-state index in [2.05, 4.69) is 51.6 Å². The maximum atomic E-state index is 4.44. The SMILES string of the molecule is Cc1ncc([C@@H](C)NCCc2ccc(-n3cccn3)cc2)c(C)n1. The lowest BCUT2D eigenvalue weighted by Crippen LogP contribution is -2.22. The van der Waals surface area contributed by atoms with Gasteiger partial charge in [0.2, 0.25) is 0 Å². The van der Waals surface area contributed by atoms with Gasteiger partial charge in [0, 0.05) is 35.9 Å². The predicted molar refractivity (Wildman–Crippen MR) is 95.2 cm³/mol. The Hall–Kier alpha value is -2.53. The standard InChI is InChI=1S/C19H23N5/c1-14(19-13-21-16(3)23-15(19)2)20-11-9-17-5-7-18(8-6-17)24-12-4-10-22-24/h4-8,10,12-14,20H,9,11H2,1-3H3/t14-/m1/s1. The molecule has 1 aromatic carbocycles. The molecule has 0 bridgehead atoms. The molecule has 0 fully saturated rings. The van der Waals surface area contributed by atoms with Gasteiger partial charge in [-0.05, 0) is 57.5 Å². The first-order chi connectivity index (χ1) is 11.6. The molecule has 2 heterocycles. The number of hydrogen-bond acceptors (Lipinski definition) is 4. The third kappa shape index (κ3) is 3.86. The highest BCUT2D eigenvalue weighted by atomic mass is 15.3. The zero-order valence-electron chi connectivity index (χ0n) is 14.4. The van der Waals surface area contributed by atoms with Gasteiger partial charge >= 0.3 is 0 Å². The molecule has 0 aliphatic rings. The van der Waals surface area contributed by atoms with Gasteiger partial charge in [-0.1, -0.05) is 12.1 Å². The van der Waals surface area contributed by atoms with Crippen molar-refractivity contribution in [3.8, 4) is 5.69 Å². The highest BCUT2D eigenvalue weighted by molar-refractivity contribution is 5.33. The van der Waals surface area contributed by atoms with Crippen molar-refractivity contribution in [2.75, 3.05) is 6.54 Å². The van der Waals surface area contributed by atoms with Crippen LogP contribution in [0.15, 0.2) is 48.9 Å². The van der Waals surface area contributed by atoms with E-state index in [-0.39, 0.29) is 6.04 Å². The van der Waals surface area contributed by atoms with Gasteiger partial charge in [-0.3, -0.25) is 0 Å². The Balaban J connectivity index is 1.54. The van der Waals surface area contributed by atoms with Gasteiger partial charge in [-0.15, -0.1) is 0 Å². The molecule has 3 aromatic rings. The summed E-state index contributed by atoms with van der Waals surface area (Å²) in [7, 11) is 0. The van der Waals surface area contributed by atoms with Crippen LogP contribution in [0, 0.1) is 13.8 Å². The van der Waals surface area contributed by atoms with E-state index in [1.54, 1.807) is 6.20 Å². The molecule has 5 nitrogen and oxygen atoms in total. The van der Waals surface area contributed by atoms with Gasteiger partial charge in [0.1, 0.15) is 5.82 Å². The van der Waals surface area contributed by atoms with Crippen LogP contribution in [0.3, 0.4) is 0 Å². The van der Waals surface area contributed by atoms with Crippen LogP contribution in [0.25, 0.3) is 5.69 Å². The molecule has 0 unspecified atom stereocenters. The third-order valence-corrected chi connectivity index (χ3v) is 4.17. The van der Waals surface area contributed by atoms with E-state index in [0.717, 1.165) is 35.7 Å². The zero-order chi connectivity index (χ0) is 16.9. The van der Waals surface area contributed by atoms with Crippen molar-refractivity contribution in [1.82, 2.24) is 25.1 Å². The van der Waals surface area contributed by atoms with Gasteiger partial charge in [-0.25, -0.2) is 14.6 Å². The lowest BCUT2D eigenvalue weighted by molar-refractivity contribution is 0.569. The van der Waals surface area contributed by atoms with Gasteiger partial charge in [0.15, 0.2) is 0 Å². The molecule has 0 aliphatic heterocycles. The first kappa shape index (κ1) is 16.3. The van der Waals surface area contributed by atoms with Crippen LogP contribution >= 0.6 is 0 Å². The molecule has 0 saturated carbocycles. The largest absolute Gasteiger partial charge is 0.310 e. The minimum atomic E-state index is 0.244. The number of nitrogens with zero attached hydrogens (tertiary/aromatic N) is 4. The minimum Gasteiger partial charge on any atom is -0.310 e. The van der Waals surface area contributed by atoms with Crippen molar-refractivity contribution < 1.29 is 0 Å². The number of nitrogens with one attached hydrogen (secondary N) is 1. The van der Waals surface area contributed by atoms with Crippen LogP contribution in [-0.2, 0) is 6.42 Å². The van der Waals surface area contributed by atoms with Crippen molar-refractivity contribution in [2.45, 2.75) is 33.2 Å². The molecule has 0 spiro atoms. The predicted octanol–water partition coefficient (Wildman–Crippen LogP) is 3.17. The Kier molecular flexibility index (Phi) is 5.01. The second-order valence-corrected chi connectivity index (χ2v) is 6.00. The molecule has 0 radical (unpaired) electrons. The molecule has 0 amide bonds. The van der Waals surface area contributed by atoms with E-state index in [4.69, 9.17) is 0 Å². The lowest BCUT2D eigenvalue weighted by Gasteiger charge is -2.16. The molecule has 1 atom stereocenters. The summed E-state index contributed by atoms with van der Waals surface area (Å²) in [5.41, 5.74) is 4.60. The minimum absolute atomic E-state index is 0.244. The van der Waals surface area contributed by atoms with Crippen LogP contribution in [0.4, 0.5) is 0 Å². The first-order valence-corrected chi connectivity index (χ1v) is 8.26. The highest BCUT2D eigenvalue weighted by Crippen LogP contribution is 2.15. The highest BCUT2D eigenvalue weighted by Gasteiger charge is 2.09. The van der Waals surface area contributed by atoms with Crippen LogP contribution in [0.1, 0.15) is 35.6 Å². The summed E-state index contributed by atoms with van der Waals surface area (Å²) in [4.78, 5) is 8.74. The fraction of sp³-hybridized carbons (Fsp3) is 0.316. The Labute approximate surface area is 142 Å². The summed E-state index contributed by atoms with van der Waals surface area (Å²) in [6, 6.07) is 10.7. The molecular formula is C19H23N5. The van der Waals surface area contributed by atoms with Crippen LogP contribution in [-0.4, -0.2) is 26.3 Å². The molecule has 1 N–H and O–H groups in total. The summed E-state index contributed by atoms with van der Waals surface area (Å²) < 4.78 is 1.87. The number of hydrogen-bond donors (Lipinski definition) is 1. The molecule has 0 aliphatic carbocycles. The van der Waals surface area contributed by atoms with Crippen molar-refractivity contribution in [1.29, 1.82) is 0 Å². The van der Waals surface area contributed by atoms with Gasteiger partial charge in [0.25, 0.3) is 0 Å². The molecule has 5 heteroatoms. The van der Waals surface area contributed by atoms with Crippen molar-refractivity contribution in [3.05, 3.63) is 71.6 Å². The summed E-state index contributed by atoms with van der Waals surface area (Å²) in [6.07, 6.45) is 6.64. The van der Waals surface area contributed by atoms with E-state index >= 15 is 0 Å². The fourth-order valence-corrected chi connectivity index (χ4v) is 2.80.